The van der Waals surface area contributed by atoms with Crippen molar-refractivity contribution in [3.63, 3.8) is 0 Å². The molecule has 0 aromatic heterocycles. The van der Waals surface area contributed by atoms with Crippen molar-refractivity contribution in [2.75, 3.05) is 13.9 Å². The molecule has 3 N–H and O–H groups in total. The molecule has 2 amide bonds. The Hall–Kier alpha value is -3.27. The van der Waals surface area contributed by atoms with E-state index in [0.717, 1.165) is 0 Å². The van der Waals surface area contributed by atoms with E-state index in [2.05, 4.69) is 31.8 Å². The summed E-state index contributed by atoms with van der Waals surface area (Å²) in [5.74, 6) is 0.220. The lowest BCUT2D eigenvalue weighted by molar-refractivity contribution is -0.123. The van der Waals surface area contributed by atoms with Crippen molar-refractivity contribution in [3.05, 3.63) is 45.9 Å². The van der Waals surface area contributed by atoms with E-state index in [1.807, 2.05) is 13.8 Å². The maximum Gasteiger partial charge on any atom is 0.262 e. The van der Waals surface area contributed by atoms with Crippen molar-refractivity contribution in [1.29, 1.82) is 0 Å². The largest absolute Gasteiger partial charge is 0.503 e. The zero-order valence-corrected chi connectivity index (χ0v) is 18.7. The molecule has 0 saturated heterocycles. The van der Waals surface area contributed by atoms with Gasteiger partial charge in [0, 0.05) is 5.56 Å². The van der Waals surface area contributed by atoms with Crippen LogP contribution < -0.4 is 25.0 Å². The van der Waals surface area contributed by atoms with Gasteiger partial charge in [0.15, 0.2) is 23.0 Å². The van der Waals surface area contributed by atoms with Gasteiger partial charge < -0.3 is 24.6 Å². The molecule has 2 aromatic rings. The molecule has 31 heavy (non-hydrogen) atoms. The molecular weight excluding hydrogens is 470 g/mol. The Morgan fingerprint density at radius 3 is 2.68 bits per heavy atom. The van der Waals surface area contributed by atoms with Gasteiger partial charge in [-0.15, -0.1) is 0 Å². The van der Waals surface area contributed by atoms with Crippen LogP contribution in [0.3, 0.4) is 0 Å². The van der Waals surface area contributed by atoms with Crippen molar-refractivity contribution in [2.24, 2.45) is 11.0 Å². The van der Waals surface area contributed by atoms with E-state index < -0.39 is 17.9 Å². The first kappa shape index (κ1) is 22.4. The van der Waals surface area contributed by atoms with Gasteiger partial charge in [-0.2, -0.15) is 5.10 Å². The molecule has 0 bridgehead atoms. The number of fused-ring (bicyclic) bond motifs is 1. The monoisotopic (exact) mass is 491 g/mol. The summed E-state index contributed by atoms with van der Waals surface area (Å²) in [4.78, 5) is 25.2. The number of nitrogens with zero attached hydrogens (tertiary/aromatic N) is 1. The second kappa shape index (κ2) is 9.69. The minimum absolute atomic E-state index is 0.0326. The molecule has 164 valence electrons. The first-order valence-corrected chi connectivity index (χ1v) is 10.2. The second-order valence-electron chi connectivity index (χ2n) is 7.05. The predicted octanol–water partition coefficient (Wildman–Crippen LogP) is 2.80. The van der Waals surface area contributed by atoms with E-state index in [0.29, 0.717) is 27.1 Å². The summed E-state index contributed by atoms with van der Waals surface area (Å²) in [5.41, 5.74) is 3.38. The lowest BCUT2D eigenvalue weighted by atomic mass is 10.0. The number of carbonyl (C=O) groups excluding carboxylic acids is 2. The van der Waals surface area contributed by atoms with Crippen LogP contribution in [0.4, 0.5) is 0 Å². The Kier molecular flexibility index (Phi) is 7.01. The number of nitrogens with one attached hydrogen (secondary N) is 2. The van der Waals surface area contributed by atoms with Gasteiger partial charge in [0.2, 0.25) is 6.79 Å². The van der Waals surface area contributed by atoms with Gasteiger partial charge in [-0.3, -0.25) is 9.59 Å². The molecule has 0 fully saturated rings. The number of methoxy groups -OCH3 is 1. The smallest absolute Gasteiger partial charge is 0.262 e. The third-order valence-corrected chi connectivity index (χ3v) is 5.13. The van der Waals surface area contributed by atoms with E-state index in [1.54, 1.807) is 30.3 Å². The standard InChI is InChI=1S/C21H22BrN3O6/c1-11(2)18(24-20(27)13-4-5-15-16(8-13)31-10-30-15)21(28)25-23-9-12-6-14(22)19(26)17(7-12)29-3/h4-9,11,18,26H,10H2,1-3H3,(H,24,27)(H,25,28)/b23-9+. The molecule has 0 spiro atoms. The first-order chi connectivity index (χ1) is 14.8. The molecule has 9 nitrogen and oxygen atoms in total. The number of benzene rings is 2. The highest BCUT2D eigenvalue weighted by Crippen LogP contribution is 2.35. The molecule has 0 radical (unpaired) electrons. The van der Waals surface area contributed by atoms with E-state index in [9.17, 15) is 14.7 Å². The Bertz CT molecular complexity index is 1020. The molecule has 1 aliphatic heterocycles. The number of hydrogen-bond acceptors (Lipinski definition) is 7. The quantitative estimate of drug-likeness (QED) is 0.404. The molecule has 0 saturated carbocycles. The van der Waals surface area contributed by atoms with E-state index in [1.165, 1.54) is 13.3 Å². The van der Waals surface area contributed by atoms with E-state index in [-0.39, 0.29) is 24.2 Å². The lowest BCUT2D eigenvalue weighted by Gasteiger charge is -2.20. The number of rotatable bonds is 7. The Morgan fingerprint density at radius 1 is 1.23 bits per heavy atom. The molecule has 1 heterocycles. The summed E-state index contributed by atoms with van der Waals surface area (Å²) in [6, 6.07) is 7.20. The average Bonchev–Trinajstić information content (AvgIpc) is 3.21. The van der Waals surface area contributed by atoms with E-state index >= 15 is 0 Å². The molecule has 1 unspecified atom stereocenters. The van der Waals surface area contributed by atoms with Crippen molar-refractivity contribution < 1.29 is 28.9 Å². The van der Waals surface area contributed by atoms with Crippen molar-refractivity contribution in [3.8, 4) is 23.0 Å². The number of hydrogen-bond donors (Lipinski definition) is 3. The van der Waals surface area contributed by atoms with Crippen LogP contribution in [0.5, 0.6) is 23.0 Å². The summed E-state index contributed by atoms with van der Waals surface area (Å²) in [7, 11) is 1.43. The van der Waals surface area contributed by atoms with E-state index in [4.69, 9.17) is 14.2 Å². The van der Waals surface area contributed by atoms with Crippen LogP contribution in [0, 0.1) is 5.92 Å². The minimum Gasteiger partial charge on any atom is -0.503 e. The maximum atomic E-state index is 12.6. The Labute approximate surface area is 187 Å². The Morgan fingerprint density at radius 2 is 1.97 bits per heavy atom. The SMILES string of the molecule is COc1cc(/C=N/NC(=O)C(NC(=O)c2ccc3c(c2)OCO3)C(C)C)cc(Br)c1O. The van der Waals surface area contributed by atoms with Gasteiger partial charge in [-0.1, -0.05) is 13.8 Å². The number of amides is 2. The highest BCUT2D eigenvalue weighted by molar-refractivity contribution is 9.10. The molecule has 0 aliphatic carbocycles. The minimum atomic E-state index is -0.809. The summed E-state index contributed by atoms with van der Waals surface area (Å²) in [6.45, 7) is 3.74. The summed E-state index contributed by atoms with van der Waals surface area (Å²) in [5, 5.41) is 16.5. The first-order valence-electron chi connectivity index (χ1n) is 9.40. The third-order valence-electron chi connectivity index (χ3n) is 4.53. The number of aromatic hydroxyl groups is 1. The fourth-order valence-corrected chi connectivity index (χ4v) is 3.32. The van der Waals surface area contributed by atoms with Crippen LogP contribution in [0.15, 0.2) is 39.9 Å². The highest BCUT2D eigenvalue weighted by Gasteiger charge is 2.25. The predicted molar refractivity (Wildman–Crippen MR) is 117 cm³/mol. The number of phenols is 1. The van der Waals surface area contributed by atoms with Gasteiger partial charge in [0.25, 0.3) is 11.8 Å². The summed E-state index contributed by atoms with van der Waals surface area (Å²) < 4.78 is 16.0. The zero-order chi connectivity index (χ0) is 22.5. The summed E-state index contributed by atoms with van der Waals surface area (Å²) in [6.07, 6.45) is 1.40. The second-order valence-corrected chi connectivity index (χ2v) is 7.91. The Balaban J connectivity index is 1.66. The normalized spacial score (nSPS) is 13.3. The third kappa shape index (κ3) is 5.26. The van der Waals surface area contributed by atoms with Crippen molar-refractivity contribution >= 4 is 34.0 Å². The van der Waals surface area contributed by atoms with Crippen LogP contribution in [-0.4, -0.2) is 43.1 Å². The van der Waals surface area contributed by atoms with Gasteiger partial charge >= 0.3 is 0 Å². The number of halogens is 1. The average molecular weight is 492 g/mol. The molecule has 1 atom stereocenters. The van der Waals surface area contributed by atoms with Crippen molar-refractivity contribution in [1.82, 2.24) is 10.7 Å². The highest BCUT2D eigenvalue weighted by atomic mass is 79.9. The van der Waals surface area contributed by atoms with Gasteiger partial charge in [0.05, 0.1) is 17.8 Å². The lowest BCUT2D eigenvalue weighted by Crippen LogP contribution is -2.48. The zero-order valence-electron chi connectivity index (χ0n) is 17.1. The van der Waals surface area contributed by atoms with Crippen LogP contribution in [0.25, 0.3) is 0 Å². The van der Waals surface area contributed by atoms with Gasteiger partial charge in [-0.25, -0.2) is 5.43 Å². The van der Waals surface area contributed by atoms with Crippen LogP contribution in [-0.2, 0) is 4.79 Å². The molecule has 2 aromatic carbocycles. The fourth-order valence-electron chi connectivity index (χ4n) is 2.86. The maximum absolute atomic E-state index is 12.6. The topological polar surface area (TPSA) is 118 Å². The molecule has 10 heteroatoms. The number of phenolic OH excluding ortho intramolecular Hbond substituents is 1. The van der Waals surface area contributed by atoms with Gasteiger partial charge in [-0.05, 0) is 57.7 Å². The van der Waals surface area contributed by atoms with Crippen molar-refractivity contribution in [2.45, 2.75) is 19.9 Å². The van der Waals surface area contributed by atoms with Crippen LogP contribution in [0.2, 0.25) is 0 Å². The number of carbonyl (C=O) groups is 2. The number of hydrazone groups is 1. The molecule has 3 rings (SSSR count). The summed E-state index contributed by atoms with van der Waals surface area (Å²) >= 11 is 3.23. The fraction of sp³-hybridized carbons (Fsp3) is 0.286. The van der Waals surface area contributed by atoms with Crippen LogP contribution in [0.1, 0.15) is 29.8 Å². The number of ether oxygens (including phenoxy) is 3. The molecular formula is C21H22BrN3O6. The molecule has 1 aliphatic rings. The van der Waals surface area contributed by atoms with Gasteiger partial charge in [0.1, 0.15) is 6.04 Å². The van der Waals surface area contributed by atoms with Crippen LogP contribution >= 0.6 is 15.9 Å².